The van der Waals surface area contributed by atoms with Gasteiger partial charge in [0.25, 0.3) is 5.91 Å². The lowest BCUT2D eigenvalue weighted by molar-refractivity contribution is -0.127. The maximum Gasteiger partial charge on any atom is 0.325 e. The van der Waals surface area contributed by atoms with Gasteiger partial charge in [-0.2, -0.15) is 0 Å². The van der Waals surface area contributed by atoms with E-state index >= 15 is 0 Å². The van der Waals surface area contributed by atoms with Crippen LogP contribution < -0.4 is 5.32 Å². The van der Waals surface area contributed by atoms with Gasteiger partial charge in [0.2, 0.25) is 0 Å². The van der Waals surface area contributed by atoms with E-state index in [9.17, 15) is 9.59 Å². The van der Waals surface area contributed by atoms with E-state index in [1.54, 1.807) is 7.05 Å². The number of nitrogens with zero attached hydrogens (tertiary/aromatic N) is 5. The van der Waals surface area contributed by atoms with Crippen LogP contribution >= 0.6 is 0 Å². The Hall–Kier alpha value is -2.87. The number of likely N-dealkylation sites (N-methyl/N-ethyl adjacent to an activating group) is 1. The Balaban J connectivity index is 1.62. The number of imide groups is 1. The summed E-state index contributed by atoms with van der Waals surface area (Å²) in [5.41, 5.74) is 2.30. The van der Waals surface area contributed by atoms with Gasteiger partial charge in [-0.25, -0.2) is 9.79 Å². The van der Waals surface area contributed by atoms with Gasteiger partial charge < -0.3 is 14.7 Å². The van der Waals surface area contributed by atoms with Crippen LogP contribution in [0.25, 0.3) is 0 Å². The first-order valence-corrected chi connectivity index (χ1v) is 10.0. The number of hydrogen-bond acceptors (Lipinski definition) is 6. The number of hydrogen-bond donors (Lipinski definition) is 1. The Bertz CT molecular complexity index is 845. The first kappa shape index (κ1) is 19.4. The molecule has 0 aromatic heterocycles. The van der Waals surface area contributed by atoms with Gasteiger partial charge in [0.1, 0.15) is 0 Å². The van der Waals surface area contributed by atoms with E-state index in [4.69, 9.17) is 4.99 Å². The standard InChI is InChI=1S/C21H28N6O2/c1-4-8-25-9-11-26(12-10-25)20-22-18-17(19(28)23-21(29)24(18)3)27(20)14-16-7-5-6-15(2)13-16/h4-7,13,17-18H,1,8-12,14H2,2-3H3,(H,23,28,29). The zero-order chi connectivity index (χ0) is 20.5. The maximum atomic E-state index is 12.8. The van der Waals surface area contributed by atoms with Gasteiger partial charge >= 0.3 is 6.03 Å². The average Bonchev–Trinajstić information content (AvgIpc) is 3.07. The highest BCUT2D eigenvalue weighted by molar-refractivity contribution is 6.03. The van der Waals surface area contributed by atoms with Crippen molar-refractivity contribution in [1.82, 2.24) is 24.9 Å². The Kier molecular flexibility index (Phi) is 5.27. The number of urea groups is 1. The van der Waals surface area contributed by atoms with Gasteiger partial charge in [-0.05, 0) is 12.5 Å². The molecule has 0 aliphatic carbocycles. The van der Waals surface area contributed by atoms with Crippen LogP contribution in [0.4, 0.5) is 4.79 Å². The molecular weight excluding hydrogens is 368 g/mol. The average molecular weight is 396 g/mol. The molecule has 1 aromatic rings. The summed E-state index contributed by atoms with van der Waals surface area (Å²) < 4.78 is 0. The molecule has 4 rings (SSSR count). The number of amides is 3. The molecule has 3 aliphatic rings. The summed E-state index contributed by atoms with van der Waals surface area (Å²) in [6.45, 7) is 10.8. The molecule has 0 bridgehead atoms. The van der Waals surface area contributed by atoms with Gasteiger partial charge in [0, 0.05) is 46.3 Å². The molecular formula is C21H28N6O2. The van der Waals surface area contributed by atoms with E-state index in [1.165, 1.54) is 10.5 Å². The molecule has 29 heavy (non-hydrogen) atoms. The fraction of sp³-hybridized carbons (Fsp3) is 0.476. The molecule has 2 saturated heterocycles. The number of carbonyl (C=O) groups excluding carboxylic acids is 2. The monoisotopic (exact) mass is 396 g/mol. The summed E-state index contributed by atoms with van der Waals surface area (Å²) >= 11 is 0. The number of guanidine groups is 1. The minimum Gasteiger partial charge on any atom is -0.340 e. The topological polar surface area (TPSA) is 71.5 Å². The molecule has 0 radical (unpaired) electrons. The predicted octanol–water partition coefficient (Wildman–Crippen LogP) is 0.847. The van der Waals surface area contributed by atoms with E-state index in [0.717, 1.165) is 44.2 Å². The lowest BCUT2D eigenvalue weighted by Crippen LogP contribution is -2.64. The Labute approximate surface area is 171 Å². The molecule has 1 aromatic carbocycles. The van der Waals surface area contributed by atoms with Gasteiger partial charge in [-0.1, -0.05) is 35.9 Å². The minimum atomic E-state index is -0.514. The van der Waals surface area contributed by atoms with Crippen molar-refractivity contribution in [3.8, 4) is 0 Å². The smallest absolute Gasteiger partial charge is 0.325 e. The fourth-order valence-corrected chi connectivity index (χ4v) is 4.26. The Morgan fingerprint density at radius 1 is 1.24 bits per heavy atom. The normalized spacial score (nSPS) is 25.0. The first-order chi connectivity index (χ1) is 14.0. The molecule has 1 N–H and O–H groups in total. The second-order valence-electron chi connectivity index (χ2n) is 7.89. The summed E-state index contributed by atoms with van der Waals surface area (Å²) in [4.78, 5) is 37.9. The molecule has 8 nitrogen and oxygen atoms in total. The minimum absolute atomic E-state index is 0.283. The van der Waals surface area contributed by atoms with E-state index in [1.807, 2.05) is 12.1 Å². The molecule has 154 valence electrons. The van der Waals surface area contributed by atoms with Crippen LogP contribution in [0.3, 0.4) is 0 Å². The number of piperazine rings is 1. The molecule has 0 saturated carbocycles. The van der Waals surface area contributed by atoms with Crippen LogP contribution in [0, 0.1) is 6.92 Å². The van der Waals surface area contributed by atoms with E-state index in [-0.39, 0.29) is 5.91 Å². The Morgan fingerprint density at radius 3 is 2.69 bits per heavy atom. The van der Waals surface area contributed by atoms with Crippen molar-refractivity contribution in [3.63, 3.8) is 0 Å². The van der Waals surface area contributed by atoms with Gasteiger partial charge in [0.05, 0.1) is 0 Å². The molecule has 3 amide bonds. The highest BCUT2D eigenvalue weighted by Crippen LogP contribution is 2.27. The Morgan fingerprint density at radius 2 is 2.00 bits per heavy atom. The van der Waals surface area contributed by atoms with E-state index < -0.39 is 18.2 Å². The van der Waals surface area contributed by atoms with Crippen molar-refractivity contribution < 1.29 is 9.59 Å². The van der Waals surface area contributed by atoms with Crippen LogP contribution in [-0.4, -0.2) is 89.5 Å². The van der Waals surface area contributed by atoms with Crippen LogP contribution in [0.1, 0.15) is 11.1 Å². The van der Waals surface area contributed by atoms with E-state index in [2.05, 4.69) is 51.7 Å². The van der Waals surface area contributed by atoms with Crippen LogP contribution in [0.5, 0.6) is 0 Å². The van der Waals surface area contributed by atoms with Crippen LogP contribution in [-0.2, 0) is 11.3 Å². The molecule has 0 spiro atoms. The summed E-state index contributed by atoms with van der Waals surface area (Å²) in [7, 11) is 1.69. The fourth-order valence-electron chi connectivity index (χ4n) is 4.26. The molecule has 2 atom stereocenters. The van der Waals surface area contributed by atoms with Crippen molar-refractivity contribution in [2.75, 3.05) is 39.8 Å². The zero-order valence-electron chi connectivity index (χ0n) is 17.0. The number of rotatable bonds is 4. The molecule has 2 unspecified atom stereocenters. The summed E-state index contributed by atoms with van der Waals surface area (Å²) in [6.07, 6.45) is 1.42. The summed E-state index contributed by atoms with van der Waals surface area (Å²) in [5, 5.41) is 2.47. The van der Waals surface area contributed by atoms with Crippen molar-refractivity contribution in [1.29, 1.82) is 0 Å². The highest BCUT2D eigenvalue weighted by Gasteiger charge is 2.49. The molecule has 3 heterocycles. The van der Waals surface area contributed by atoms with Crippen molar-refractivity contribution in [2.45, 2.75) is 25.7 Å². The van der Waals surface area contributed by atoms with Gasteiger partial charge in [-0.15, -0.1) is 6.58 Å². The van der Waals surface area contributed by atoms with E-state index in [0.29, 0.717) is 6.54 Å². The zero-order valence-corrected chi connectivity index (χ0v) is 17.0. The maximum absolute atomic E-state index is 12.8. The number of benzene rings is 1. The van der Waals surface area contributed by atoms with Crippen molar-refractivity contribution in [2.24, 2.45) is 4.99 Å². The largest absolute Gasteiger partial charge is 0.340 e. The van der Waals surface area contributed by atoms with Gasteiger partial charge in [-0.3, -0.25) is 15.0 Å². The molecule has 2 fully saturated rings. The third kappa shape index (κ3) is 3.72. The third-order valence-electron chi connectivity index (χ3n) is 5.82. The number of aryl methyl sites for hydroxylation is 1. The highest BCUT2D eigenvalue weighted by atomic mass is 16.2. The summed E-state index contributed by atoms with van der Waals surface area (Å²) in [5.74, 6) is 0.520. The molecule has 3 aliphatic heterocycles. The molecule has 8 heteroatoms. The second kappa shape index (κ2) is 7.87. The van der Waals surface area contributed by atoms with Gasteiger partial charge in [0.15, 0.2) is 18.2 Å². The SMILES string of the molecule is C=CCN1CCN(C2=NC3C(C(=O)NC(=O)N3C)N2Cc2cccc(C)c2)CC1. The van der Waals surface area contributed by atoms with Crippen molar-refractivity contribution >= 4 is 17.9 Å². The predicted molar refractivity (Wildman–Crippen MR) is 111 cm³/mol. The lowest BCUT2D eigenvalue weighted by Gasteiger charge is -2.40. The van der Waals surface area contributed by atoms with Crippen LogP contribution in [0.15, 0.2) is 41.9 Å². The second-order valence-corrected chi connectivity index (χ2v) is 7.89. The first-order valence-electron chi connectivity index (χ1n) is 10.0. The van der Waals surface area contributed by atoms with Crippen molar-refractivity contribution in [3.05, 3.63) is 48.0 Å². The van der Waals surface area contributed by atoms with Crippen LogP contribution in [0.2, 0.25) is 0 Å². The lowest BCUT2D eigenvalue weighted by atomic mass is 10.1. The third-order valence-corrected chi connectivity index (χ3v) is 5.82. The quantitative estimate of drug-likeness (QED) is 0.764. The number of aliphatic imine (C=N–C) groups is 1. The number of nitrogens with one attached hydrogen (secondary N) is 1. The number of carbonyl (C=O) groups is 2. The number of fused-ring (bicyclic) bond motifs is 1. The summed E-state index contributed by atoms with van der Waals surface area (Å²) in [6, 6.07) is 7.37.